The Balaban J connectivity index is 2.01. The van der Waals surface area contributed by atoms with Crippen molar-refractivity contribution in [1.82, 2.24) is 4.98 Å². The lowest BCUT2D eigenvalue weighted by molar-refractivity contribution is 0.695. The van der Waals surface area contributed by atoms with Gasteiger partial charge < -0.3 is 5.32 Å². The molecular formula is C14H15ClN2. The minimum absolute atomic E-state index is 0.515. The highest BCUT2D eigenvalue weighted by Gasteiger charge is 2.28. The van der Waals surface area contributed by atoms with Crippen LogP contribution in [0.5, 0.6) is 0 Å². The molecular weight excluding hydrogens is 232 g/mol. The highest BCUT2D eigenvalue weighted by Crippen LogP contribution is 2.35. The van der Waals surface area contributed by atoms with Crippen LogP contribution in [0, 0.1) is 5.92 Å². The van der Waals surface area contributed by atoms with Crippen LogP contribution in [0.1, 0.15) is 19.8 Å². The van der Waals surface area contributed by atoms with Crippen LogP contribution in [0.2, 0.25) is 5.02 Å². The third-order valence-electron chi connectivity index (χ3n) is 3.43. The molecule has 3 rings (SSSR count). The van der Waals surface area contributed by atoms with Crippen molar-refractivity contribution in [3.05, 3.63) is 35.5 Å². The Morgan fingerprint density at radius 1 is 1.35 bits per heavy atom. The van der Waals surface area contributed by atoms with Gasteiger partial charge in [0.1, 0.15) is 0 Å². The Bertz CT molecular complexity index is 549. The first-order valence-electron chi connectivity index (χ1n) is 6.05. The van der Waals surface area contributed by atoms with Crippen molar-refractivity contribution in [1.29, 1.82) is 0 Å². The summed E-state index contributed by atoms with van der Waals surface area (Å²) in [7, 11) is 0. The van der Waals surface area contributed by atoms with Crippen LogP contribution in [0.15, 0.2) is 30.5 Å². The molecule has 0 radical (unpaired) electrons. The van der Waals surface area contributed by atoms with Crippen LogP contribution in [0.4, 0.5) is 5.69 Å². The summed E-state index contributed by atoms with van der Waals surface area (Å²) in [5, 5.41) is 5.33. The molecule has 1 aromatic heterocycles. The monoisotopic (exact) mass is 246 g/mol. The zero-order chi connectivity index (χ0) is 11.8. The summed E-state index contributed by atoms with van der Waals surface area (Å²) in [6.45, 7) is 2.24. The first kappa shape index (κ1) is 10.8. The molecule has 3 heteroatoms. The SMILES string of the molecule is CC(Nc1ccc(Cl)c2cccnc12)C1CC1. The summed E-state index contributed by atoms with van der Waals surface area (Å²) in [6.07, 6.45) is 4.49. The van der Waals surface area contributed by atoms with Gasteiger partial charge in [-0.05, 0) is 49.9 Å². The maximum atomic E-state index is 6.17. The lowest BCUT2D eigenvalue weighted by Gasteiger charge is -2.16. The van der Waals surface area contributed by atoms with E-state index in [0.29, 0.717) is 6.04 Å². The minimum atomic E-state index is 0.515. The summed E-state index contributed by atoms with van der Waals surface area (Å²) in [5.74, 6) is 0.824. The fraction of sp³-hybridized carbons (Fsp3) is 0.357. The standard InChI is InChI=1S/C14H15ClN2/c1-9(10-4-5-10)17-13-7-6-12(15)11-3-2-8-16-14(11)13/h2-3,6-10,17H,4-5H2,1H3. The highest BCUT2D eigenvalue weighted by molar-refractivity contribution is 6.35. The number of anilines is 1. The smallest absolute Gasteiger partial charge is 0.0948 e. The Labute approximate surface area is 106 Å². The van der Waals surface area contributed by atoms with Crippen LogP contribution in [0.25, 0.3) is 10.9 Å². The molecule has 0 saturated heterocycles. The number of halogens is 1. The Morgan fingerprint density at radius 3 is 2.94 bits per heavy atom. The molecule has 1 N–H and O–H groups in total. The second kappa shape index (κ2) is 4.19. The molecule has 1 fully saturated rings. The van der Waals surface area contributed by atoms with E-state index in [0.717, 1.165) is 27.5 Å². The minimum Gasteiger partial charge on any atom is -0.381 e. The molecule has 17 heavy (non-hydrogen) atoms. The van der Waals surface area contributed by atoms with Gasteiger partial charge in [-0.1, -0.05) is 11.6 Å². The lowest BCUT2D eigenvalue weighted by Crippen LogP contribution is -2.17. The van der Waals surface area contributed by atoms with Crippen LogP contribution in [-0.2, 0) is 0 Å². The first-order valence-corrected chi connectivity index (χ1v) is 6.43. The number of benzene rings is 1. The lowest BCUT2D eigenvalue weighted by atomic mass is 10.1. The third kappa shape index (κ3) is 2.09. The van der Waals surface area contributed by atoms with Crippen molar-refractivity contribution >= 4 is 28.2 Å². The maximum absolute atomic E-state index is 6.17. The Kier molecular flexibility index (Phi) is 2.67. The molecule has 1 aliphatic carbocycles. The fourth-order valence-electron chi connectivity index (χ4n) is 2.21. The second-order valence-electron chi connectivity index (χ2n) is 4.76. The van der Waals surface area contributed by atoms with Gasteiger partial charge in [0.15, 0.2) is 0 Å². The van der Waals surface area contributed by atoms with Crippen LogP contribution in [0.3, 0.4) is 0 Å². The first-order chi connectivity index (χ1) is 8.25. The summed E-state index contributed by atoms with van der Waals surface area (Å²) in [4.78, 5) is 4.43. The zero-order valence-corrected chi connectivity index (χ0v) is 10.5. The van der Waals surface area contributed by atoms with Crippen molar-refractivity contribution in [2.24, 2.45) is 5.92 Å². The number of hydrogen-bond acceptors (Lipinski definition) is 2. The second-order valence-corrected chi connectivity index (χ2v) is 5.17. The molecule has 0 amide bonds. The quantitative estimate of drug-likeness (QED) is 0.882. The van der Waals surface area contributed by atoms with E-state index in [2.05, 4.69) is 17.2 Å². The van der Waals surface area contributed by atoms with Gasteiger partial charge in [0.25, 0.3) is 0 Å². The van der Waals surface area contributed by atoms with E-state index in [1.54, 1.807) is 0 Å². The van der Waals surface area contributed by atoms with Crippen molar-refractivity contribution < 1.29 is 0 Å². The van der Waals surface area contributed by atoms with E-state index in [1.165, 1.54) is 12.8 Å². The molecule has 1 aliphatic rings. The molecule has 2 nitrogen and oxygen atoms in total. The molecule has 0 aliphatic heterocycles. The van der Waals surface area contributed by atoms with Crippen molar-refractivity contribution in [2.75, 3.05) is 5.32 Å². The van der Waals surface area contributed by atoms with Crippen molar-refractivity contribution in [3.8, 4) is 0 Å². The summed E-state index contributed by atoms with van der Waals surface area (Å²) >= 11 is 6.17. The van der Waals surface area contributed by atoms with E-state index in [9.17, 15) is 0 Å². The van der Waals surface area contributed by atoms with Gasteiger partial charge in [-0.25, -0.2) is 0 Å². The normalized spacial score (nSPS) is 17.1. The summed E-state index contributed by atoms with van der Waals surface area (Å²) < 4.78 is 0. The molecule has 1 atom stereocenters. The zero-order valence-electron chi connectivity index (χ0n) is 9.78. The largest absolute Gasteiger partial charge is 0.381 e. The van der Waals surface area contributed by atoms with E-state index >= 15 is 0 Å². The van der Waals surface area contributed by atoms with Gasteiger partial charge in [-0.2, -0.15) is 0 Å². The Hall–Kier alpha value is -1.28. The number of rotatable bonds is 3. The molecule has 1 heterocycles. The van der Waals surface area contributed by atoms with E-state index < -0.39 is 0 Å². The number of nitrogens with one attached hydrogen (secondary N) is 1. The molecule has 1 unspecified atom stereocenters. The Morgan fingerprint density at radius 2 is 2.18 bits per heavy atom. The average Bonchev–Trinajstić information content (AvgIpc) is 3.17. The van der Waals surface area contributed by atoms with E-state index in [4.69, 9.17) is 11.6 Å². The average molecular weight is 247 g/mol. The molecule has 2 aromatic rings. The molecule has 88 valence electrons. The predicted octanol–water partition coefficient (Wildman–Crippen LogP) is 4.10. The van der Waals surface area contributed by atoms with Crippen molar-refractivity contribution in [3.63, 3.8) is 0 Å². The van der Waals surface area contributed by atoms with Gasteiger partial charge in [-0.3, -0.25) is 4.98 Å². The van der Waals surface area contributed by atoms with Gasteiger partial charge in [0.2, 0.25) is 0 Å². The van der Waals surface area contributed by atoms with Gasteiger partial charge >= 0.3 is 0 Å². The van der Waals surface area contributed by atoms with Gasteiger partial charge in [0.05, 0.1) is 16.2 Å². The maximum Gasteiger partial charge on any atom is 0.0948 e. The van der Waals surface area contributed by atoms with Crippen molar-refractivity contribution in [2.45, 2.75) is 25.8 Å². The number of nitrogens with zero attached hydrogens (tertiary/aromatic N) is 1. The molecule has 1 aromatic carbocycles. The number of aromatic nitrogens is 1. The van der Waals surface area contributed by atoms with Gasteiger partial charge in [0, 0.05) is 17.6 Å². The number of hydrogen-bond donors (Lipinski definition) is 1. The predicted molar refractivity (Wildman–Crippen MR) is 72.6 cm³/mol. The van der Waals surface area contributed by atoms with Gasteiger partial charge in [-0.15, -0.1) is 0 Å². The van der Waals surface area contributed by atoms with E-state index in [1.807, 2.05) is 30.5 Å². The number of pyridine rings is 1. The third-order valence-corrected chi connectivity index (χ3v) is 3.76. The van der Waals surface area contributed by atoms with Crippen LogP contribution >= 0.6 is 11.6 Å². The molecule has 1 saturated carbocycles. The molecule has 0 spiro atoms. The van der Waals surface area contributed by atoms with Crippen LogP contribution in [-0.4, -0.2) is 11.0 Å². The van der Waals surface area contributed by atoms with Crippen LogP contribution < -0.4 is 5.32 Å². The summed E-state index contributed by atoms with van der Waals surface area (Å²) in [5.41, 5.74) is 2.05. The van der Waals surface area contributed by atoms with E-state index in [-0.39, 0.29) is 0 Å². The highest BCUT2D eigenvalue weighted by atomic mass is 35.5. The number of fused-ring (bicyclic) bond motifs is 1. The fourth-order valence-corrected chi connectivity index (χ4v) is 2.43. The topological polar surface area (TPSA) is 24.9 Å². The molecule has 0 bridgehead atoms. The summed E-state index contributed by atoms with van der Waals surface area (Å²) in [6, 6.07) is 8.41.